The van der Waals surface area contributed by atoms with Crippen LogP contribution in [-0.4, -0.2) is 68.2 Å². The molecule has 0 saturated carbocycles. The number of esters is 4. The summed E-state index contributed by atoms with van der Waals surface area (Å²) in [5.41, 5.74) is -2.97. The summed E-state index contributed by atoms with van der Waals surface area (Å²) in [6, 6.07) is 6.92. The van der Waals surface area contributed by atoms with Gasteiger partial charge in [0.05, 0.1) is 28.8 Å². The fraction of sp³-hybridized carbons (Fsp3) is 0.676. The first-order chi connectivity index (χ1) is 21.9. The van der Waals surface area contributed by atoms with Crippen molar-refractivity contribution in [1.29, 1.82) is 0 Å². The highest BCUT2D eigenvalue weighted by molar-refractivity contribution is 5.78. The Kier molecular flexibility index (Phi) is 13.4. The number of carbonyl (C=O) groups is 4. The summed E-state index contributed by atoms with van der Waals surface area (Å²) >= 11 is 0. The minimum Gasteiger partial charge on any atom is -0.496 e. The number of carbonyl (C=O) groups excluding carboxylic acids is 4. The van der Waals surface area contributed by atoms with Gasteiger partial charge in [-0.05, 0) is 95.6 Å². The molecule has 1 N–H and O–H groups in total. The third-order valence-electron chi connectivity index (χ3n) is 7.47. The van der Waals surface area contributed by atoms with Crippen LogP contribution in [0.25, 0.3) is 0 Å². The molecule has 6 atom stereocenters. The van der Waals surface area contributed by atoms with E-state index in [1.807, 2.05) is 24.3 Å². The van der Waals surface area contributed by atoms with Gasteiger partial charge in [-0.1, -0.05) is 24.3 Å². The predicted molar refractivity (Wildman–Crippen MR) is 181 cm³/mol. The highest BCUT2D eigenvalue weighted by atomic mass is 16.7. The second-order valence-corrected chi connectivity index (χ2v) is 16.3. The van der Waals surface area contributed by atoms with Crippen molar-refractivity contribution in [3.8, 4) is 5.75 Å². The van der Waals surface area contributed by atoms with E-state index >= 15 is 0 Å². The molecule has 0 unspecified atom stereocenters. The summed E-state index contributed by atoms with van der Waals surface area (Å²) in [4.78, 5) is 53.4. The Morgan fingerprint density at radius 2 is 1.21 bits per heavy atom. The van der Waals surface area contributed by atoms with Gasteiger partial charge in [-0.25, -0.2) is 0 Å². The van der Waals surface area contributed by atoms with E-state index in [-0.39, 0.29) is 6.61 Å². The van der Waals surface area contributed by atoms with Gasteiger partial charge in [0.1, 0.15) is 18.5 Å². The van der Waals surface area contributed by atoms with Crippen LogP contribution < -0.4 is 10.1 Å². The standard InChI is InChI=1S/C37H57NO10/c1-15-18-23(22-19-16-17-20-24(22)43-14)38-29-28(48-33(42)37(11,12)13)27(47-32(41)36(8,9)10)26(46-31(40)35(5,6)7)25(45-29)21-44-30(39)34(2,3)4/h15-17,19-20,23,25-29,38H,1,18,21H2,2-14H3/t23-,25+,26-,27-,28+,29+/m0/s1. The van der Waals surface area contributed by atoms with Crippen LogP contribution in [0, 0.1) is 21.7 Å². The normalized spacial score (nSPS) is 22.6. The quantitative estimate of drug-likeness (QED) is 0.166. The van der Waals surface area contributed by atoms with Gasteiger partial charge in [0, 0.05) is 11.6 Å². The van der Waals surface area contributed by atoms with E-state index < -0.39 is 82.2 Å². The van der Waals surface area contributed by atoms with Crippen LogP contribution in [0.5, 0.6) is 5.75 Å². The zero-order valence-corrected chi connectivity index (χ0v) is 31.1. The van der Waals surface area contributed by atoms with Crippen LogP contribution in [-0.2, 0) is 42.9 Å². The fourth-order valence-corrected chi connectivity index (χ4v) is 4.47. The van der Waals surface area contributed by atoms with Crippen LogP contribution in [0.4, 0.5) is 0 Å². The number of nitrogens with one attached hydrogen (secondary N) is 1. The minimum absolute atomic E-state index is 0.347. The van der Waals surface area contributed by atoms with Crippen molar-refractivity contribution < 1.29 is 47.6 Å². The van der Waals surface area contributed by atoms with E-state index in [4.69, 9.17) is 28.4 Å². The largest absolute Gasteiger partial charge is 0.496 e. The number of benzene rings is 1. The molecule has 1 aliphatic rings. The number of rotatable bonds is 11. The van der Waals surface area contributed by atoms with Crippen molar-refractivity contribution in [3.05, 3.63) is 42.5 Å². The van der Waals surface area contributed by atoms with Crippen molar-refractivity contribution >= 4 is 23.9 Å². The van der Waals surface area contributed by atoms with Gasteiger partial charge < -0.3 is 28.4 Å². The molecule has 2 rings (SSSR count). The number of para-hydroxylation sites is 1. The first kappa shape index (κ1) is 40.7. The molecule has 270 valence electrons. The molecule has 1 saturated heterocycles. The Labute approximate surface area is 286 Å². The maximum absolute atomic E-state index is 13.6. The number of hydrogen-bond acceptors (Lipinski definition) is 11. The van der Waals surface area contributed by atoms with Crippen molar-refractivity contribution in [2.75, 3.05) is 13.7 Å². The molecule has 0 radical (unpaired) electrons. The van der Waals surface area contributed by atoms with E-state index in [2.05, 4.69) is 11.9 Å². The molecule has 48 heavy (non-hydrogen) atoms. The second kappa shape index (κ2) is 15.8. The van der Waals surface area contributed by atoms with Crippen LogP contribution in [0.15, 0.2) is 36.9 Å². The maximum Gasteiger partial charge on any atom is 0.311 e. The summed E-state index contributed by atoms with van der Waals surface area (Å²) in [6.45, 7) is 23.9. The molecular formula is C37H57NO10. The smallest absolute Gasteiger partial charge is 0.311 e. The van der Waals surface area contributed by atoms with E-state index in [1.165, 1.54) is 0 Å². The first-order valence-electron chi connectivity index (χ1n) is 16.4. The van der Waals surface area contributed by atoms with E-state index in [0.717, 1.165) is 5.56 Å². The average molecular weight is 676 g/mol. The highest BCUT2D eigenvalue weighted by Gasteiger charge is 2.55. The third-order valence-corrected chi connectivity index (χ3v) is 7.47. The van der Waals surface area contributed by atoms with Crippen LogP contribution in [0.3, 0.4) is 0 Å². The molecule has 11 heteroatoms. The van der Waals surface area contributed by atoms with Gasteiger partial charge in [0.2, 0.25) is 0 Å². The number of methoxy groups -OCH3 is 1. The minimum atomic E-state index is -1.36. The molecule has 1 aromatic carbocycles. The van der Waals surface area contributed by atoms with Crippen LogP contribution in [0.2, 0.25) is 0 Å². The van der Waals surface area contributed by atoms with Gasteiger partial charge >= 0.3 is 23.9 Å². The lowest BCUT2D eigenvalue weighted by Crippen LogP contribution is -2.66. The van der Waals surface area contributed by atoms with Crippen LogP contribution >= 0.6 is 0 Å². The van der Waals surface area contributed by atoms with Crippen LogP contribution in [0.1, 0.15) is 101 Å². The highest BCUT2D eigenvalue weighted by Crippen LogP contribution is 2.36. The molecule has 1 aromatic rings. The van der Waals surface area contributed by atoms with Gasteiger partial charge in [0.25, 0.3) is 0 Å². The van der Waals surface area contributed by atoms with Gasteiger partial charge in [-0.2, -0.15) is 0 Å². The predicted octanol–water partition coefficient (Wildman–Crippen LogP) is 6.09. The topological polar surface area (TPSA) is 136 Å². The fourth-order valence-electron chi connectivity index (χ4n) is 4.47. The summed E-state index contributed by atoms with van der Waals surface area (Å²) in [7, 11) is 1.56. The Bertz CT molecular complexity index is 1290. The molecule has 0 spiro atoms. The maximum atomic E-state index is 13.6. The Morgan fingerprint density at radius 3 is 1.67 bits per heavy atom. The van der Waals surface area contributed by atoms with E-state index in [1.54, 1.807) is 96.3 Å². The molecule has 1 aliphatic heterocycles. The first-order valence-corrected chi connectivity index (χ1v) is 16.4. The Balaban J connectivity index is 2.81. The summed E-state index contributed by atoms with van der Waals surface area (Å²) in [5.74, 6) is -1.76. The lowest BCUT2D eigenvalue weighted by molar-refractivity contribution is -0.266. The van der Waals surface area contributed by atoms with E-state index in [0.29, 0.717) is 12.2 Å². The lowest BCUT2D eigenvalue weighted by Gasteiger charge is -2.47. The third kappa shape index (κ3) is 11.1. The molecule has 1 heterocycles. The van der Waals surface area contributed by atoms with Gasteiger partial charge in [-0.3, -0.25) is 24.5 Å². The van der Waals surface area contributed by atoms with Crippen molar-refractivity contribution in [2.45, 2.75) is 126 Å². The second-order valence-electron chi connectivity index (χ2n) is 16.3. The molecule has 0 aromatic heterocycles. The van der Waals surface area contributed by atoms with Crippen molar-refractivity contribution in [1.82, 2.24) is 5.32 Å². The zero-order chi connectivity index (χ0) is 36.8. The summed E-state index contributed by atoms with van der Waals surface area (Å²) < 4.78 is 36.2. The van der Waals surface area contributed by atoms with Gasteiger partial charge in [-0.15, -0.1) is 6.58 Å². The molecule has 11 nitrogen and oxygen atoms in total. The van der Waals surface area contributed by atoms with Gasteiger partial charge in [0.15, 0.2) is 24.5 Å². The molecule has 0 amide bonds. The zero-order valence-electron chi connectivity index (χ0n) is 31.1. The monoisotopic (exact) mass is 675 g/mol. The SMILES string of the molecule is C=CC[C@H](N[C@@H]1O[C@H](COC(=O)C(C)(C)C)[C@H](OC(=O)C(C)(C)C)[C@H](OC(=O)C(C)(C)C)[C@H]1OC(=O)C(C)(C)C)c1ccccc1OC. The molecule has 0 aliphatic carbocycles. The number of ether oxygens (including phenoxy) is 6. The number of hydrogen-bond donors (Lipinski definition) is 1. The summed E-state index contributed by atoms with van der Waals surface area (Å²) in [6.07, 6.45) is -4.15. The lowest BCUT2D eigenvalue weighted by atomic mass is 9.92. The Morgan fingerprint density at radius 1 is 0.750 bits per heavy atom. The summed E-state index contributed by atoms with van der Waals surface area (Å²) in [5, 5.41) is 3.43. The molecular weight excluding hydrogens is 618 g/mol. The van der Waals surface area contributed by atoms with Crippen molar-refractivity contribution in [2.24, 2.45) is 21.7 Å². The Hall–Kier alpha value is -3.44. The molecule has 0 bridgehead atoms. The molecule has 1 fully saturated rings. The van der Waals surface area contributed by atoms with E-state index in [9.17, 15) is 19.2 Å². The average Bonchev–Trinajstić information content (AvgIpc) is 2.96. The van der Waals surface area contributed by atoms with Crippen molar-refractivity contribution in [3.63, 3.8) is 0 Å².